The highest BCUT2D eigenvalue weighted by Gasteiger charge is 2.38. The van der Waals surface area contributed by atoms with E-state index in [1.807, 2.05) is 18.2 Å². The van der Waals surface area contributed by atoms with Crippen LogP contribution in [0.3, 0.4) is 0 Å². The molecule has 0 atom stereocenters. The van der Waals surface area contributed by atoms with Crippen LogP contribution in [-0.4, -0.2) is 10.6 Å². The summed E-state index contributed by atoms with van der Waals surface area (Å²) in [5.41, 5.74) is 8.05. The van der Waals surface area contributed by atoms with Crippen molar-refractivity contribution in [1.82, 2.24) is 0 Å². The number of hydrogen-bond donors (Lipinski definition) is 2. The summed E-state index contributed by atoms with van der Waals surface area (Å²) in [5, 5.41) is 10.1. The van der Waals surface area contributed by atoms with Crippen molar-refractivity contribution in [1.29, 1.82) is 0 Å². The van der Waals surface area contributed by atoms with Gasteiger partial charge in [0.2, 0.25) is 0 Å². The van der Waals surface area contributed by atoms with Gasteiger partial charge in [0.25, 0.3) is 0 Å². The number of phenolic OH excluding ortho intramolecular Hbond substituents is 1. The lowest BCUT2D eigenvalue weighted by Crippen LogP contribution is -2.24. The molecule has 1 fully saturated rings. The molecular weight excluding hydrogens is 186 g/mol. The largest absolute Gasteiger partial charge is 0.507 e. The molecule has 0 aliphatic heterocycles. The molecule has 1 aromatic rings. The van der Waals surface area contributed by atoms with Gasteiger partial charge < -0.3 is 10.8 Å². The molecule has 0 bridgehead atoms. The molecule has 82 valence electrons. The number of rotatable bonds is 3. The van der Waals surface area contributed by atoms with E-state index < -0.39 is 0 Å². The van der Waals surface area contributed by atoms with Gasteiger partial charge in [0.05, 0.1) is 0 Å². The molecule has 1 aromatic carbocycles. The molecule has 1 aliphatic rings. The van der Waals surface area contributed by atoms with Crippen LogP contribution in [-0.2, 0) is 6.42 Å². The maximum atomic E-state index is 10.1. The molecule has 3 N–H and O–H groups in total. The van der Waals surface area contributed by atoms with Gasteiger partial charge in [0.1, 0.15) is 5.75 Å². The Kier molecular flexibility index (Phi) is 2.47. The lowest BCUT2D eigenvalue weighted by Gasteiger charge is -2.14. The maximum Gasteiger partial charge on any atom is 0.122 e. The normalized spacial score (nSPS) is 18.1. The zero-order valence-corrected chi connectivity index (χ0v) is 9.46. The van der Waals surface area contributed by atoms with Gasteiger partial charge in [0.15, 0.2) is 0 Å². The molecule has 0 saturated heterocycles. The summed E-state index contributed by atoms with van der Waals surface area (Å²) in [7, 11) is 0. The van der Waals surface area contributed by atoms with Gasteiger partial charge in [-0.1, -0.05) is 32.0 Å². The van der Waals surface area contributed by atoms with Crippen molar-refractivity contribution in [3.63, 3.8) is 0 Å². The minimum absolute atomic E-state index is 0.0346. The smallest absolute Gasteiger partial charge is 0.122 e. The standard InChI is InChI=1S/C13H19NO/c1-9(2)11-5-3-4-10(12(11)15)8-13(14)6-7-13/h3-5,9,15H,6-8,14H2,1-2H3. The van der Waals surface area contributed by atoms with Crippen LogP contribution in [0.2, 0.25) is 0 Å². The SMILES string of the molecule is CC(C)c1cccc(CC2(N)CC2)c1O. The van der Waals surface area contributed by atoms with Crippen molar-refractivity contribution in [2.24, 2.45) is 5.73 Å². The quantitative estimate of drug-likeness (QED) is 0.796. The molecule has 0 amide bonds. The summed E-state index contributed by atoms with van der Waals surface area (Å²) in [4.78, 5) is 0. The Morgan fingerprint density at radius 3 is 2.60 bits per heavy atom. The fraction of sp³-hybridized carbons (Fsp3) is 0.538. The molecular formula is C13H19NO. The van der Waals surface area contributed by atoms with Crippen molar-refractivity contribution in [2.75, 3.05) is 0 Å². The van der Waals surface area contributed by atoms with E-state index in [4.69, 9.17) is 5.73 Å². The predicted octanol–water partition coefficient (Wildman–Crippen LogP) is 2.55. The fourth-order valence-electron chi connectivity index (χ4n) is 1.94. The Bertz CT molecular complexity index is 367. The van der Waals surface area contributed by atoms with Crippen LogP contribution in [0.1, 0.15) is 43.7 Å². The van der Waals surface area contributed by atoms with Crippen LogP contribution >= 0.6 is 0 Å². The summed E-state index contributed by atoms with van der Waals surface area (Å²) in [5.74, 6) is 0.808. The van der Waals surface area contributed by atoms with Crippen molar-refractivity contribution >= 4 is 0 Å². The first kappa shape index (κ1) is 10.5. The highest BCUT2D eigenvalue weighted by Crippen LogP contribution is 2.39. The van der Waals surface area contributed by atoms with Gasteiger partial charge in [-0.3, -0.25) is 0 Å². The van der Waals surface area contributed by atoms with E-state index in [0.29, 0.717) is 11.7 Å². The van der Waals surface area contributed by atoms with Crippen LogP contribution in [0.5, 0.6) is 5.75 Å². The molecule has 0 aromatic heterocycles. The number of nitrogens with two attached hydrogens (primary N) is 1. The molecule has 2 rings (SSSR count). The second kappa shape index (κ2) is 3.53. The second-order valence-electron chi connectivity index (χ2n) is 5.05. The van der Waals surface area contributed by atoms with Crippen molar-refractivity contribution in [3.05, 3.63) is 29.3 Å². The number of aromatic hydroxyl groups is 1. The maximum absolute atomic E-state index is 10.1. The highest BCUT2D eigenvalue weighted by molar-refractivity contribution is 5.43. The number of phenols is 1. The molecule has 0 heterocycles. The molecule has 1 aliphatic carbocycles. The monoisotopic (exact) mass is 205 g/mol. The van der Waals surface area contributed by atoms with Gasteiger partial charge in [-0.2, -0.15) is 0 Å². The summed E-state index contributed by atoms with van der Waals surface area (Å²) in [6, 6.07) is 5.98. The van der Waals surface area contributed by atoms with Gasteiger partial charge in [-0.25, -0.2) is 0 Å². The first-order valence-electron chi connectivity index (χ1n) is 5.61. The van der Waals surface area contributed by atoms with E-state index in [9.17, 15) is 5.11 Å². The Hall–Kier alpha value is -1.02. The number of benzene rings is 1. The third-order valence-corrected chi connectivity index (χ3v) is 3.21. The average Bonchev–Trinajstić information content (AvgIpc) is 2.87. The van der Waals surface area contributed by atoms with Crippen molar-refractivity contribution in [2.45, 2.75) is 44.6 Å². The van der Waals surface area contributed by atoms with Gasteiger partial charge in [-0.15, -0.1) is 0 Å². The lowest BCUT2D eigenvalue weighted by molar-refractivity contribution is 0.453. The molecule has 15 heavy (non-hydrogen) atoms. The summed E-state index contributed by atoms with van der Waals surface area (Å²) in [6.45, 7) is 4.18. The summed E-state index contributed by atoms with van der Waals surface area (Å²) < 4.78 is 0. The van der Waals surface area contributed by atoms with E-state index in [2.05, 4.69) is 13.8 Å². The van der Waals surface area contributed by atoms with E-state index >= 15 is 0 Å². The third kappa shape index (κ3) is 2.15. The molecule has 2 nitrogen and oxygen atoms in total. The van der Waals surface area contributed by atoms with Crippen LogP contribution in [0, 0.1) is 0 Å². The second-order valence-corrected chi connectivity index (χ2v) is 5.05. The van der Waals surface area contributed by atoms with Crippen molar-refractivity contribution < 1.29 is 5.11 Å². The minimum Gasteiger partial charge on any atom is -0.507 e. The Balaban J connectivity index is 2.27. The Morgan fingerprint density at radius 2 is 2.07 bits per heavy atom. The summed E-state index contributed by atoms with van der Waals surface area (Å²) in [6.07, 6.45) is 2.97. The Labute approximate surface area is 91.1 Å². The minimum atomic E-state index is -0.0346. The molecule has 0 unspecified atom stereocenters. The number of hydrogen-bond acceptors (Lipinski definition) is 2. The lowest BCUT2D eigenvalue weighted by atomic mass is 9.95. The van der Waals surface area contributed by atoms with Gasteiger partial charge >= 0.3 is 0 Å². The fourth-order valence-corrected chi connectivity index (χ4v) is 1.94. The average molecular weight is 205 g/mol. The van der Waals surface area contributed by atoms with Gasteiger partial charge in [0, 0.05) is 5.54 Å². The highest BCUT2D eigenvalue weighted by atomic mass is 16.3. The zero-order valence-electron chi connectivity index (χ0n) is 9.46. The number of para-hydroxylation sites is 1. The molecule has 2 heteroatoms. The molecule has 0 radical (unpaired) electrons. The zero-order chi connectivity index (χ0) is 11.1. The Morgan fingerprint density at radius 1 is 1.40 bits per heavy atom. The van der Waals surface area contributed by atoms with Crippen LogP contribution in [0.25, 0.3) is 0 Å². The van der Waals surface area contributed by atoms with E-state index in [1.54, 1.807) is 0 Å². The van der Waals surface area contributed by atoms with Crippen LogP contribution in [0.15, 0.2) is 18.2 Å². The molecule has 1 saturated carbocycles. The van der Waals surface area contributed by atoms with Crippen LogP contribution in [0.4, 0.5) is 0 Å². The predicted molar refractivity (Wildman–Crippen MR) is 62.1 cm³/mol. The third-order valence-electron chi connectivity index (χ3n) is 3.21. The summed E-state index contributed by atoms with van der Waals surface area (Å²) >= 11 is 0. The first-order valence-corrected chi connectivity index (χ1v) is 5.61. The molecule has 0 spiro atoms. The van der Waals surface area contributed by atoms with Gasteiger partial charge in [-0.05, 0) is 36.3 Å². The van der Waals surface area contributed by atoms with E-state index in [-0.39, 0.29) is 5.54 Å². The van der Waals surface area contributed by atoms with Crippen LogP contribution < -0.4 is 5.73 Å². The topological polar surface area (TPSA) is 46.2 Å². The first-order chi connectivity index (χ1) is 7.02. The van der Waals surface area contributed by atoms with Crippen molar-refractivity contribution in [3.8, 4) is 5.75 Å². The van der Waals surface area contributed by atoms with E-state index in [1.165, 1.54) is 0 Å². The van der Waals surface area contributed by atoms with E-state index in [0.717, 1.165) is 30.4 Å².